The Morgan fingerprint density at radius 3 is 2.68 bits per heavy atom. The molecule has 0 saturated carbocycles. The lowest BCUT2D eigenvalue weighted by Crippen LogP contribution is -2.56. The van der Waals surface area contributed by atoms with Crippen LogP contribution in [0.2, 0.25) is 0 Å². The Balaban J connectivity index is 1.78. The number of ether oxygens (including phenoxy) is 3. The van der Waals surface area contributed by atoms with E-state index in [0.29, 0.717) is 6.42 Å². The molecule has 3 aliphatic heterocycles. The number of phenols is 1. The summed E-state index contributed by atoms with van der Waals surface area (Å²) in [5, 5.41) is 10.3. The Bertz CT molecular complexity index is 1000. The predicted octanol–water partition coefficient (Wildman–Crippen LogP) is 2.23. The fourth-order valence-electron chi connectivity index (χ4n) is 4.75. The molecule has 0 unspecified atom stereocenters. The van der Waals surface area contributed by atoms with Crippen LogP contribution in [0.5, 0.6) is 5.75 Å². The van der Waals surface area contributed by atoms with Crippen LogP contribution in [-0.4, -0.2) is 46.7 Å². The van der Waals surface area contributed by atoms with E-state index < -0.39 is 35.5 Å². The van der Waals surface area contributed by atoms with Gasteiger partial charge in [-0.1, -0.05) is 24.3 Å². The zero-order chi connectivity index (χ0) is 19.8. The van der Waals surface area contributed by atoms with Crippen molar-refractivity contribution in [2.75, 3.05) is 0 Å². The molecule has 0 amide bonds. The van der Waals surface area contributed by atoms with Gasteiger partial charge in [0.2, 0.25) is 5.79 Å². The maximum atomic E-state index is 13.5. The average Bonchev–Trinajstić information content (AvgIpc) is 2.96. The third-order valence-electron chi connectivity index (χ3n) is 5.68. The molecule has 4 atom stereocenters. The maximum Gasteiger partial charge on any atom is 0.309 e. The number of phenolic OH excluding ortho intramolecular Hbond substituents is 1. The van der Waals surface area contributed by atoms with E-state index in [1.807, 2.05) is 6.92 Å². The number of carbonyl (C=O) groups is 3. The summed E-state index contributed by atoms with van der Waals surface area (Å²) in [5.74, 6) is -3.31. The molecule has 3 heterocycles. The molecule has 4 aliphatic rings. The number of benzene rings is 1. The number of aromatic hydroxyl groups is 1. The third kappa shape index (κ3) is 2.20. The molecule has 0 bridgehead atoms. The standard InChI is InChI=1S/C21H18O7/c1-9-6-10(2)27-21(8-9)17-16(20-13(28-21)7-14(23)26-20)18(24)11-4-3-5-12(22)15(11)19(17)25/h3-5,10,13,20,22H,1,6-8H2,2H3/t10-,13-,20+,21+/m1/s1. The zero-order valence-electron chi connectivity index (χ0n) is 15.2. The molecule has 2 fully saturated rings. The minimum Gasteiger partial charge on any atom is -0.507 e. The van der Waals surface area contributed by atoms with E-state index in [4.69, 9.17) is 14.2 Å². The quantitative estimate of drug-likeness (QED) is 0.543. The van der Waals surface area contributed by atoms with Gasteiger partial charge in [-0.15, -0.1) is 0 Å². The molecule has 0 aromatic heterocycles. The Labute approximate surface area is 160 Å². The zero-order valence-corrected chi connectivity index (χ0v) is 15.2. The van der Waals surface area contributed by atoms with E-state index in [2.05, 4.69) is 6.58 Å². The van der Waals surface area contributed by atoms with Gasteiger partial charge in [-0.25, -0.2) is 0 Å². The molecule has 7 nitrogen and oxygen atoms in total. The van der Waals surface area contributed by atoms with E-state index in [0.717, 1.165) is 5.57 Å². The van der Waals surface area contributed by atoms with Gasteiger partial charge >= 0.3 is 5.97 Å². The number of Topliss-reactive ketones (excluding diaryl/α,β-unsaturated/α-hetero) is 2. The summed E-state index contributed by atoms with van der Waals surface area (Å²) in [6.07, 6.45) is -1.22. The second kappa shape index (κ2) is 5.62. The highest BCUT2D eigenvalue weighted by Crippen LogP contribution is 2.51. The van der Waals surface area contributed by atoms with Crippen LogP contribution in [0.15, 0.2) is 41.5 Å². The lowest BCUT2D eigenvalue weighted by atomic mass is 9.73. The van der Waals surface area contributed by atoms with Gasteiger partial charge in [-0.3, -0.25) is 14.4 Å². The first kappa shape index (κ1) is 17.3. The molecule has 1 N–H and O–H groups in total. The van der Waals surface area contributed by atoms with Crippen molar-refractivity contribution in [3.05, 3.63) is 52.6 Å². The number of fused-ring (bicyclic) bond motifs is 4. The van der Waals surface area contributed by atoms with Gasteiger partial charge in [0.1, 0.15) is 11.9 Å². The van der Waals surface area contributed by atoms with Crippen molar-refractivity contribution in [3.63, 3.8) is 0 Å². The first-order valence-corrected chi connectivity index (χ1v) is 9.18. The number of rotatable bonds is 0. The van der Waals surface area contributed by atoms with Crippen LogP contribution < -0.4 is 0 Å². The molecule has 28 heavy (non-hydrogen) atoms. The summed E-state index contributed by atoms with van der Waals surface area (Å²) in [6.45, 7) is 5.86. The minimum atomic E-state index is -1.52. The Hall–Kier alpha value is -2.77. The van der Waals surface area contributed by atoms with Gasteiger partial charge in [0.25, 0.3) is 0 Å². The summed E-state index contributed by atoms with van der Waals surface area (Å²) in [5.41, 5.74) is 0.925. The van der Waals surface area contributed by atoms with E-state index >= 15 is 0 Å². The number of esters is 1. The SMILES string of the molecule is C=C1C[C@@H](C)O[C@@]2(C1)O[C@@H]1CC(=O)O[C@@H]1C1=C2C(=O)c2c(O)cccc2C1=O. The topological polar surface area (TPSA) is 99.1 Å². The van der Waals surface area contributed by atoms with Crippen molar-refractivity contribution < 1.29 is 33.7 Å². The van der Waals surface area contributed by atoms with E-state index in [1.165, 1.54) is 18.2 Å². The van der Waals surface area contributed by atoms with Crippen LogP contribution in [0, 0.1) is 0 Å². The number of hydrogen-bond acceptors (Lipinski definition) is 7. The fourth-order valence-corrected chi connectivity index (χ4v) is 4.75. The van der Waals surface area contributed by atoms with E-state index in [9.17, 15) is 19.5 Å². The summed E-state index contributed by atoms with van der Waals surface area (Å²) >= 11 is 0. The lowest BCUT2D eigenvalue weighted by Gasteiger charge is -2.48. The van der Waals surface area contributed by atoms with Gasteiger partial charge in [-0.05, 0) is 19.4 Å². The number of carbonyl (C=O) groups excluding carboxylic acids is 3. The van der Waals surface area contributed by atoms with Crippen LogP contribution >= 0.6 is 0 Å². The second-order valence-electron chi connectivity index (χ2n) is 7.73. The van der Waals surface area contributed by atoms with Crippen molar-refractivity contribution in [1.82, 2.24) is 0 Å². The van der Waals surface area contributed by atoms with Crippen LogP contribution in [0.25, 0.3) is 0 Å². The summed E-state index contributed by atoms with van der Waals surface area (Å²) < 4.78 is 17.6. The normalized spacial score (nSPS) is 34.2. The summed E-state index contributed by atoms with van der Waals surface area (Å²) in [6, 6.07) is 4.34. The molecule has 1 spiro atoms. The first-order valence-electron chi connectivity index (χ1n) is 9.18. The van der Waals surface area contributed by atoms with Crippen molar-refractivity contribution in [3.8, 4) is 5.75 Å². The molecule has 144 valence electrons. The fraction of sp³-hybridized carbons (Fsp3) is 0.381. The largest absolute Gasteiger partial charge is 0.507 e. The Kier molecular flexibility index (Phi) is 3.48. The molecular formula is C21H18O7. The number of ketones is 2. The third-order valence-corrected chi connectivity index (χ3v) is 5.68. The monoisotopic (exact) mass is 382 g/mol. The van der Waals surface area contributed by atoms with Gasteiger partial charge in [0.05, 0.1) is 29.2 Å². The highest BCUT2D eigenvalue weighted by atomic mass is 16.7. The molecule has 7 heteroatoms. The van der Waals surface area contributed by atoms with Crippen molar-refractivity contribution in [1.29, 1.82) is 0 Å². The van der Waals surface area contributed by atoms with Crippen LogP contribution in [-0.2, 0) is 19.0 Å². The highest BCUT2D eigenvalue weighted by Gasteiger charge is 2.60. The van der Waals surface area contributed by atoms with Crippen LogP contribution in [0.4, 0.5) is 0 Å². The van der Waals surface area contributed by atoms with Crippen molar-refractivity contribution in [2.45, 2.75) is 50.3 Å². The molecule has 1 aromatic carbocycles. The van der Waals surface area contributed by atoms with Gasteiger partial charge in [0, 0.05) is 12.0 Å². The molecule has 2 saturated heterocycles. The van der Waals surface area contributed by atoms with Gasteiger partial charge in [0.15, 0.2) is 17.7 Å². The average molecular weight is 382 g/mol. The second-order valence-corrected chi connectivity index (χ2v) is 7.73. The minimum absolute atomic E-state index is 0.00940. The van der Waals surface area contributed by atoms with Gasteiger partial charge in [-0.2, -0.15) is 0 Å². The predicted molar refractivity (Wildman–Crippen MR) is 94.8 cm³/mol. The van der Waals surface area contributed by atoms with Crippen LogP contribution in [0.1, 0.15) is 46.9 Å². The van der Waals surface area contributed by atoms with E-state index in [1.54, 1.807) is 0 Å². The summed E-state index contributed by atoms with van der Waals surface area (Å²) in [7, 11) is 0. The van der Waals surface area contributed by atoms with Crippen LogP contribution in [0.3, 0.4) is 0 Å². The number of hydrogen-bond donors (Lipinski definition) is 1. The van der Waals surface area contributed by atoms with Crippen molar-refractivity contribution in [2.24, 2.45) is 0 Å². The molecule has 1 aliphatic carbocycles. The Morgan fingerprint density at radius 2 is 1.93 bits per heavy atom. The molecule has 1 aromatic rings. The van der Waals surface area contributed by atoms with E-state index in [-0.39, 0.29) is 47.0 Å². The highest BCUT2D eigenvalue weighted by molar-refractivity contribution is 6.29. The lowest BCUT2D eigenvalue weighted by molar-refractivity contribution is -0.271. The van der Waals surface area contributed by atoms with Gasteiger partial charge < -0.3 is 19.3 Å². The Morgan fingerprint density at radius 1 is 1.14 bits per heavy atom. The first-order chi connectivity index (χ1) is 13.3. The molecular weight excluding hydrogens is 364 g/mol. The van der Waals surface area contributed by atoms with Crippen molar-refractivity contribution >= 4 is 17.5 Å². The molecule has 5 rings (SSSR count). The maximum absolute atomic E-state index is 13.5. The molecule has 0 radical (unpaired) electrons. The summed E-state index contributed by atoms with van der Waals surface area (Å²) in [4.78, 5) is 38.8. The smallest absolute Gasteiger partial charge is 0.309 e.